The molecule has 0 radical (unpaired) electrons. The van der Waals surface area contributed by atoms with Crippen LogP contribution in [0.2, 0.25) is 0 Å². The lowest BCUT2D eigenvalue weighted by Gasteiger charge is -2.32. The fourth-order valence-electron chi connectivity index (χ4n) is 2.78. The molecular formula is C17H26N2O2. The second kappa shape index (κ2) is 8.80. The number of piperidine rings is 1. The Hall–Kier alpha value is -1.39. The van der Waals surface area contributed by atoms with Crippen LogP contribution in [0, 0.1) is 0 Å². The zero-order chi connectivity index (χ0) is 14.9. The molecule has 0 unspecified atom stereocenters. The van der Waals surface area contributed by atoms with Crippen LogP contribution in [-0.2, 0) is 0 Å². The standard InChI is InChI=1S/C17H26N2O2/c20-14-6-2-5-11-19-12-9-16(10-13-19)18-17(21)15-7-3-1-4-8-15/h1,3-4,7-8,16,20H,2,5-6,9-14H2,(H,18,21). The second-order valence-corrected chi connectivity index (χ2v) is 5.74. The highest BCUT2D eigenvalue weighted by Gasteiger charge is 2.20. The van der Waals surface area contributed by atoms with Gasteiger partial charge in [-0.05, 0) is 50.8 Å². The lowest BCUT2D eigenvalue weighted by molar-refractivity contribution is 0.0910. The first kappa shape index (κ1) is 16.0. The van der Waals surface area contributed by atoms with E-state index in [2.05, 4.69) is 10.2 Å². The maximum absolute atomic E-state index is 12.1. The van der Waals surface area contributed by atoms with Gasteiger partial charge in [-0.3, -0.25) is 4.79 Å². The zero-order valence-electron chi connectivity index (χ0n) is 12.6. The van der Waals surface area contributed by atoms with E-state index in [-0.39, 0.29) is 5.91 Å². The van der Waals surface area contributed by atoms with Gasteiger partial charge in [0.15, 0.2) is 0 Å². The zero-order valence-corrected chi connectivity index (χ0v) is 12.6. The normalized spacial score (nSPS) is 16.8. The number of hydrogen-bond donors (Lipinski definition) is 2. The summed E-state index contributed by atoms with van der Waals surface area (Å²) in [6, 6.07) is 9.71. The van der Waals surface area contributed by atoms with Crippen molar-refractivity contribution in [2.75, 3.05) is 26.2 Å². The number of nitrogens with one attached hydrogen (secondary N) is 1. The molecule has 1 aromatic carbocycles. The van der Waals surface area contributed by atoms with Gasteiger partial charge in [0, 0.05) is 31.3 Å². The molecule has 0 bridgehead atoms. The Bertz CT molecular complexity index is 414. The highest BCUT2D eigenvalue weighted by molar-refractivity contribution is 5.94. The van der Waals surface area contributed by atoms with Gasteiger partial charge in [-0.2, -0.15) is 0 Å². The van der Waals surface area contributed by atoms with Crippen molar-refractivity contribution >= 4 is 5.91 Å². The lowest BCUT2D eigenvalue weighted by Crippen LogP contribution is -2.44. The molecule has 116 valence electrons. The third kappa shape index (κ3) is 5.48. The molecule has 0 aliphatic carbocycles. The SMILES string of the molecule is O=C(NC1CCN(CCCCCO)CC1)c1ccccc1. The quantitative estimate of drug-likeness (QED) is 0.756. The Morgan fingerprint density at radius 2 is 1.86 bits per heavy atom. The Labute approximate surface area is 127 Å². The maximum Gasteiger partial charge on any atom is 0.251 e. The number of likely N-dealkylation sites (tertiary alicyclic amines) is 1. The van der Waals surface area contributed by atoms with E-state index < -0.39 is 0 Å². The van der Waals surface area contributed by atoms with E-state index in [1.807, 2.05) is 30.3 Å². The minimum Gasteiger partial charge on any atom is -0.396 e. The molecule has 4 heteroatoms. The monoisotopic (exact) mass is 290 g/mol. The largest absolute Gasteiger partial charge is 0.396 e. The highest BCUT2D eigenvalue weighted by atomic mass is 16.2. The summed E-state index contributed by atoms with van der Waals surface area (Å²) in [5, 5.41) is 11.9. The number of unbranched alkanes of at least 4 members (excludes halogenated alkanes) is 2. The molecule has 0 aromatic heterocycles. The summed E-state index contributed by atoms with van der Waals surface area (Å²) >= 11 is 0. The minimum atomic E-state index is 0.0389. The van der Waals surface area contributed by atoms with Crippen LogP contribution in [0.5, 0.6) is 0 Å². The third-order valence-corrected chi connectivity index (χ3v) is 4.09. The van der Waals surface area contributed by atoms with Crippen molar-refractivity contribution in [2.45, 2.75) is 38.1 Å². The average Bonchev–Trinajstić information content (AvgIpc) is 2.54. The number of carbonyl (C=O) groups is 1. The smallest absolute Gasteiger partial charge is 0.251 e. The van der Waals surface area contributed by atoms with Gasteiger partial charge in [0.25, 0.3) is 5.91 Å². The van der Waals surface area contributed by atoms with Gasteiger partial charge in [0.2, 0.25) is 0 Å². The third-order valence-electron chi connectivity index (χ3n) is 4.09. The summed E-state index contributed by atoms with van der Waals surface area (Å²) in [4.78, 5) is 14.6. The lowest BCUT2D eigenvalue weighted by atomic mass is 10.0. The highest BCUT2D eigenvalue weighted by Crippen LogP contribution is 2.12. The van der Waals surface area contributed by atoms with E-state index in [0.29, 0.717) is 12.6 Å². The van der Waals surface area contributed by atoms with E-state index in [9.17, 15) is 4.79 Å². The topological polar surface area (TPSA) is 52.6 Å². The fourth-order valence-corrected chi connectivity index (χ4v) is 2.78. The molecule has 1 heterocycles. The van der Waals surface area contributed by atoms with Crippen molar-refractivity contribution in [3.05, 3.63) is 35.9 Å². The molecule has 1 aliphatic heterocycles. The summed E-state index contributed by atoms with van der Waals surface area (Å²) in [6.07, 6.45) is 5.21. The number of hydrogen-bond acceptors (Lipinski definition) is 3. The van der Waals surface area contributed by atoms with Crippen LogP contribution in [-0.4, -0.2) is 48.2 Å². The number of nitrogens with zero attached hydrogens (tertiary/aromatic N) is 1. The Morgan fingerprint density at radius 3 is 2.52 bits per heavy atom. The van der Waals surface area contributed by atoms with E-state index >= 15 is 0 Å². The van der Waals surface area contributed by atoms with Gasteiger partial charge in [0.05, 0.1) is 0 Å². The van der Waals surface area contributed by atoms with E-state index in [4.69, 9.17) is 5.11 Å². The van der Waals surface area contributed by atoms with Crippen LogP contribution in [0.1, 0.15) is 42.5 Å². The molecule has 0 saturated carbocycles. The molecule has 0 spiro atoms. The summed E-state index contributed by atoms with van der Waals surface area (Å²) < 4.78 is 0. The second-order valence-electron chi connectivity index (χ2n) is 5.74. The van der Waals surface area contributed by atoms with E-state index in [1.165, 1.54) is 0 Å². The predicted octanol–water partition coefficient (Wildman–Crippen LogP) is 2.04. The number of amides is 1. The first-order valence-electron chi connectivity index (χ1n) is 7.98. The molecule has 1 aliphatic rings. The number of carbonyl (C=O) groups excluding carboxylic acids is 1. The Balaban J connectivity index is 1.66. The van der Waals surface area contributed by atoms with Crippen molar-refractivity contribution in [2.24, 2.45) is 0 Å². The van der Waals surface area contributed by atoms with Gasteiger partial charge in [-0.25, -0.2) is 0 Å². The van der Waals surface area contributed by atoms with Crippen LogP contribution in [0.3, 0.4) is 0 Å². The van der Waals surface area contributed by atoms with Crippen molar-refractivity contribution in [3.63, 3.8) is 0 Å². The van der Waals surface area contributed by atoms with Crippen molar-refractivity contribution in [1.29, 1.82) is 0 Å². The maximum atomic E-state index is 12.1. The number of aliphatic hydroxyl groups excluding tert-OH is 1. The summed E-state index contributed by atoms with van der Waals surface area (Å²) in [7, 11) is 0. The number of rotatable bonds is 7. The van der Waals surface area contributed by atoms with Crippen LogP contribution in [0.25, 0.3) is 0 Å². The van der Waals surface area contributed by atoms with Crippen molar-refractivity contribution in [1.82, 2.24) is 10.2 Å². The van der Waals surface area contributed by atoms with E-state index in [0.717, 1.165) is 57.3 Å². The molecule has 1 saturated heterocycles. The molecule has 1 aromatic rings. The van der Waals surface area contributed by atoms with Gasteiger partial charge >= 0.3 is 0 Å². The first-order chi connectivity index (χ1) is 10.3. The van der Waals surface area contributed by atoms with Crippen LogP contribution in [0.15, 0.2) is 30.3 Å². The molecule has 4 nitrogen and oxygen atoms in total. The fraction of sp³-hybridized carbons (Fsp3) is 0.588. The number of benzene rings is 1. The summed E-state index contributed by atoms with van der Waals surface area (Å²) in [5.41, 5.74) is 0.740. The van der Waals surface area contributed by atoms with Crippen LogP contribution < -0.4 is 5.32 Å². The van der Waals surface area contributed by atoms with Gasteiger partial charge < -0.3 is 15.3 Å². The molecule has 21 heavy (non-hydrogen) atoms. The van der Waals surface area contributed by atoms with Crippen molar-refractivity contribution < 1.29 is 9.90 Å². The number of aliphatic hydroxyl groups is 1. The molecule has 1 amide bonds. The van der Waals surface area contributed by atoms with Gasteiger partial charge in [-0.1, -0.05) is 18.2 Å². The molecular weight excluding hydrogens is 264 g/mol. The molecule has 2 rings (SSSR count). The minimum absolute atomic E-state index is 0.0389. The van der Waals surface area contributed by atoms with Crippen LogP contribution >= 0.6 is 0 Å². The first-order valence-corrected chi connectivity index (χ1v) is 7.98. The molecule has 1 fully saturated rings. The predicted molar refractivity (Wildman–Crippen MR) is 84.3 cm³/mol. The Morgan fingerprint density at radius 1 is 1.14 bits per heavy atom. The molecule has 2 N–H and O–H groups in total. The van der Waals surface area contributed by atoms with E-state index in [1.54, 1.807) is 0 Å². The van der Waals surface area contributed by atoms with Crippen LogP contribution in [0.4, 0.5) is 0 Å². The van der Waals surface area contributed by atoms with Gasteiger partial charge in [0.1, 0.15) is 0 Å². The van der Waals surface area contributed by atoms with Crippen molar-refractivity contribution in [3.8, 4) is 0 Å². The summed E-state index contributed by atoms with van der Waals surface area (Å²) in [6.45, 7) is 3.52. The average molecular weight is 290 g/mol. The van der Waals surface area contributed by atoms with Gasteiger partial charge in [-0.15, -0.1) is 0 Å². The summed E-state index contributed by atoms with van der Waals surface area (Å²) in [5.74, 6) is 0.0389. The molecule has 0 atom stereocenters. The Kier molecular flexibility index (Phi) is 6.70.